The predicted molar refractivity (Wildman–Crippen MR) is 127 cm³/mol. The molecule has 0 spiro atoms. The molecule has 5 nitrogen and oxygen atoms in total. The second-order valence-electron chi connectivity index (χ2n) is 8.92. The summed E-state index contributed by atoms with van der Waals surface area (Å²) in [5.41, 5.74) is 3.75. The maximum atomic E-state index is 10.9. The van der Waals surface area contributed by atoms with Crippen molar-refractivity contribution in [3.8, 4) is 0 Å². The number of nitrogens with zero attached hydrogens (tertiary/aromatic N) is 3. The molecule has 0 aliphatic rings. The normalized spacial score (nSPS) is 11.2. The van der Waals surface area contributed by atoms with Crippen molar-refractivity contribution in [2.24, 2.45) is 0 Å². The van der Waals surface area contributed by atoms with Gasteiger partial charge in [-0.2, -0.15) is 4.68 Å². The standard InChI is InChI=1S/C26H42N3O2/c1-4-5-6-7-8-9-10-11-12-13-14-15-20-27-23(2)21-24(3)28(27)22-25-16-18-26(19-17-25)29(30)31/h16-19,21H,4-15,20,22H2,1-3H3/q+1. The van der Waals surface area contributed by atoms with Gasteiger partial charge < -0.3 is 0 Å². The SMILES string of the molecule is CCCCCCCCCCCCCCn1c(C)cc(C)[n+]1Cc1ccc([N+](=O)[O-])cc1. The fourth-order valence-electron chi connectivity index (χ4n) is 4.34. The maximum absolute atomic E-state index is 10.9. The van der Waals surface area contributed by atoms with Gasteiger partial charge in [0.25, 0.3) is 5.69 Å². The molecular weight excluding hydrogens is 386 g/mol. The van der Waals surface area contributed by atoms with Crippen molar-refractivity contribution in [1.82, 2.24) is 4.68 Å². The zero-order chi connectivity index (χ0) is 22.5. The van der Waals surface area contributed by atoms with Gasteiger partial charge in [0.2, 0.25) is 5.69 Å². The van der Waals surface area contributed by atoms with E-state index in [0.717, 1.165) is 18.7 Å². The second-order valence-corrected chi connectivity index (χ2v) is 8.92. The highest BCUT2D eigenvalue weighted by molar-refractivity contribution is 5.32. The van der Waals surface area contributed by atoms with E-state index in [-0.39, 0.29) is 10.6 Å². The number of nitro benzene ring substituents is 1. The number of hydrogen-bond donors (Lipinski definition) is 0. The van der Waals surface area contributed by atoms with Gasteiger partial charge in [0.15, 0.2) is 6.54 Å². The Morgan fingerprint density at radius 1 is 0.839 bits per heavy atom. The summed E-state index contributed by atoms with van der Waals surface area (Å²) in [4.78, 5) is 10.5. The highest BCUT2D eigenvalue weighted by Gasteiger charge is 2.18. The smallest absolute Gasteiger partial charge is 0.258 e. The van der Waals surface area contributed by atoms with Gasteiger partial charge in [-0.05, 0) is 25.5 Å². The highest BCUT2D eigenvalue weighted by atomic mass is 16.6. The molecule has 0 radical (unpaired) electrons. The molecule has 0 saturated carbocycles. The lowest BCUT2D eigenvalue weighted by molar-refractivity contribution is -0.773. The van der Waals surface area contributed by atoms with E-state index in [4.69, 9.17) is 0 Å². The molecule has 31 heavy (non-hydrogen) atoms. The molecule has 0 aliphatic carbocycles. The molecule has 5 heteroatoms. The quantitative estimate of drug-likeness (QED) is 0.124. The first kappa shape index (κ1) is 25.1. The lowest BCUT2D eigenvalue weighted by Gasteiger charge is -2.07. The number of hydrogen-bond acceptors (Lipinski definition) is 2. The van der Waals surface area contributed by atoms with E-state index in [1.54, 1.807) is 12.1 Å². The number of aromatic nitrogens is 2. The van der Waals surface area contributed by atoms with Crippen LogP contribution in [0.25, 0.3) is 0 Å². The monoisotopic (exact) mass is 428 g/mol. The molecule has 2 rings (SSSR count). The number of unbranched alkanes of at least 4 members (excludes halogenated alkanes) is 11. The van der Waals surface area contributed by atoms with Crippen molar-refractivity contribution in [3.63, 3.8) is 0 Å². The number of rotatable bonds is 16. The van der Waals surface area contributed by atoms with Crippen LogP contribution in [-0.2, 0) is 13.1 Å². The fraction of sp³-hybridized carbons (Fsp3) is 0.654. The molecule has 1 aromatic carbocycles. The van der Waals surface area contributed by atoms with Crippen molar-refractivity contribution in [1.29, 1.82) is 0 Å². The number of benzene rings is 1. The Morgan fingerprint density at radius 2 is 1.35 bits per heavy atom. The van der Waals surface area contributed by atoms with Gasteiger partial charge in [0, 0.05) is 30.7 Å². The van der Waals surface area contributed by atoms with Crippen LogP contribution in [0.1, 0.15) is 101 Å². The zero-order valence-electron chi connectivity index (χ0n) is 19.9. The Hall–Kier alpha value is -2.17. The lowest BCUT2D eigenvalue weighted by atomic mass is 10.1. The van der Waals surface area contributed by atoms with Crippen molar-refractivity contribution < 1.29 is 9.61 Å². The summed E-state index contributed by atoms with van der Waals surface area (Å²) < 4.78 is 4.67. The van der Waals surface area contributed by atoms with Crippen LogP contribution in [0.15, 0.2) is 30.3 Å². The summed E-state index contributed by atoms with van der Waals surface area (Å²) in [5.74, 6) is 0. The number of non-ortho nitro benzene ring substituents is 1. The van der Waals surface area contributed by atoms with Gasteiger partial charge in [-0.3, -0.25) is 10.1 Å². The Morgan fingerprint density at radius 3 is 1.87 bits per heavy atom. The molecule has 0 atom stereocenters. The van der Waals surface area contributed by atoms with Gasteiger partial charge in [-0.25, -0.2) is 0 Å². The lowest BCUT2D eigenvalue weighted by Crippen LogP contribution is -2.46. The molecule has 2 aromatic rings. The summed E-state index contributed by atoms with van der Waals surface area (Å²) in [6, 6.07) is 9.14. The summed E-state index contributed by atoms with van der Waals surface area (Å²) in [6.07, 6.45) is 16.4. The second kappa shape index (κ2) is 14.0. The minimum Gasteiger partial charge on any atom is -0.258 e. The van der Waals surface area contributed by atoms with Crippen LogP contribution in [0, 0.1) is 24.0 Å². The molecule has 0 bridgehead atoms. The average Bonchev–Trinajstić information content (AvgIpc) is 3.01. The molecule has 1 aromatic heterocycles. The first-order valence-corrected chi connectivity index (χ1v) is 12.3. The topological polar surface area (TPSA) is 52.0 Å². The van der Waals surface area contributed by atoms with Crippen LogP contribution in [-0.4, -0.2) is 9.61 Å². The van der Waals surface area contributed by atoms with Crippen molar-refractivity contribution >= 4 is 5.69 Å². The van der Waals surface area contributed by atoms with Gasteiger partial charge in [-0.1, -0.05) is 77.6 Å². The molecule has 1 heterocycles. The predicted octanol–water partition coefficient (Wildman–Crippen LogP) is 7.05. The van der Waals surface area contributed by atoms with E-state index in [9.17, 15) is 10.1 Å². The molecular formula is C26H42N3O2+. The molecule has 0 N–H and O–H groups in total. The maximum Gasteiger partial charge on any atom is 0.269 e. The van der Waals surface area contributed by atoms with E-state index >= 15 is 0 Å². The van der Waals surface area contributed by atoms with Crippen LogP contribution in [0.2, 0.25) is 0 Å². The largest absolute Gasteiger partial charge is 0.269 e. The minimum atomic E-state index is -0.345. The van der Waals surface area contributed by atoms with Crippen molar-refractivity contribution in [2.45, 2.75) is 111 Å². The number of aryl methyl sites for hydroxylation is 2. The highest BCUT2D eigenvalue weighted by Crippen LogP contribution is 2.14. The van der Waals surface area contributed by atoms with E-state index < -0.39 is 0 Å². The molecule has 0 fully saturated rings. The summed E-state index contributed by atoms with van der Waals surface area (Å²) in [6.45, 7) is 8.36. The van der Waals surface area contributed by atoms with E-state index in [0.29, 0.717) is 0 Å². The van der Waals surface area contributed by atoms with Gasteiger partial charge >= 0.3 is 0 Å². The number of nitro groups is 1. The molecule has 0 saturated heterocycles. The van der Waals surface area contributed by atoms with Crippen LogP contribution in [0.4, 0.5) is 5.69 Å². The first-order valence-electron chi connectivity index (χ1n) is 12.3. The Kier molecular flexibility index (Phi) is 11.3. The van der Waals surface area contributed by atoms with Crippen LogP contribution in [0.5, 0.6) is 0 Å². The first-order chi connectivity index (χ1) is 15.0. The summed E-state index contributed by atoms with van der Waals surface area (Å²) >= 11 is 0. The van der Waals surface area contributed by atoms with Crippen LogP contribution >= 0.6 is 0 Å². The Labute approximate surface area is 188 Å². The minimum absolute atomic E-state index is 0.147. The van der Waals surface area contributed by atoms with E-state index in [1.807, 2.05) is 12.1 Å². The van der Waals surface area contributed by atoms with E-state index in [2.05, 4.69) is 36.2 Å². The Balaban J connectivity index is 1.70. The van der Waals surface area contributed by atoms with Crippen molar-refractivity contribution in [3.05, 3.63) is 57.4 Å². The van der Waals surface area contributed by atoms with Gasteiger partial charge in [0.1, 0.15) is 0 Å². The summed E-state index contributed by atoms with van der Waals surface area (Å²) in [7, 11) is 0. The molecule has 0 aliphatic heterocycles. The fourth-order valence-corrected chi connectivity index (χ4v) is 4.34. The van der Waals surface area contributed by atoms with Gasteiger partial charge in [-0.15, -0.1) is 4.68 Å². The third kappa shape index (κ3) is 8.84. The Bertz CT molecular complexity index is 781. The average molecular weight is 429 g/mol. The molecule has 172 valence electrons. The summed E-state index contributed by atoms with van der Waals surface area (Å²) in [5, 5.41) is 10.9. The van der Waals surface area contributed by atoms with Crippen LogP contribution < -0.4 is 4.68 Å². The van der Waals surface area contributed by atoms with Crippen molar-refractivity contribution in [2.75, 3.05) is 0 Å². The molecule has 0 unspecified atom stereocenters. The van der Waals surface area contributed by atoms with Crippen LogP contribution in [0.3, 0.4) is 0 Å². The van der Waals surface area contributed by atoms with Gasteiger partial charge in [0.05, 0.1) is 17.2 Å². The molecule has 0 amide bonds. The third-order valence-corrected chi connectivity index (χ3v) is 6.23. The third-order valence-electron chi connectivity index (χ3n) is 6.23. The zero-order valence-corrected chi connectivity index (χ0v) is 19.9. The van der Waals surface area contributed by atoms with E-state index in [1.165, 1.54) is 88.4 Å².